The van der Waals surface area contributed by atoms with Gasteiger partial charge in [-0.3, -0.25) is 4.79 Å². The van der Waals surface area contributed by atoms with Gasteiger partial charge in [-0.2, -0.15) is 0 Å². The fourth-order valence-electron chi connectivity index (χ4n) is 3.38. The standard InChI is InChI=1S/C20H21NO4S/c1-23-17-6-2-4-14-12-18(25-19(14)17)20(22)21(13-16-5-3-11-26-16)15-7-9-24-10-8-15/h2-6,11-12,15H,7-10,13H2,1H3. The van der Waals surface area contributed by atoms with Crippen molar-refractivity contribution in [2.45, 2.75) is 25.4 Å². The Morgan fingerprint density at radius 2 is 2.12 bits per heavy atom. The van der Waals surface area contributed by atoms with Gasteiger partial charge in [0.1, 0.15) is 0 Å². The van der Waals surface area contributed by atoms with E-state index in [1.165, 1.54) is 4.88 Å². The summed E-state index contributed by atoms with van der Waals surface area (Å²) in [6, 6.07) is 11.7. The summed E-state index contributed by atoms with van der Waals surface area (Å²) in [6.45, 7) is 1.97. The van der Waals surface area contributed by atoms with Gasteiger partial charge in [0.15, 0.2) is 17.1 Å². The summed E-state index contributed by atoms with van der Waals surface area (Å²) in [5.41, 5.74) is 0.612. The van der Waals surface area contributed by atoms with Crippen LogP contribution in [0.4, 0.5) is 0 Å². The summed E-state index contributed by atoms with van der Waals surface area (Å²) in [5, 5.41) is 2.91. The average molecular weight is 371 g/mol. The van der Waals surface area contributed by atoms with Crippen LogP contribution in [0.1, 0.15) is 28.3 Å². The number of nitrogens with zero attached hydrogens (tertiary/aromatic N) is 1. The molecule has 1 aliphatic heterocycles. The van der Waals surface area contributed by atoms with Crippen LogP contribution in [0.5, 0.6) is 5.75 Å². The Hall–Kier alpha value is -2.31. The molecule has 0 aliphatic carbocycles. The smallest absolute Gasteiger partial charge is 0.290 e. The van der Waals surface area contributed by atoms with Crippen molar-refractivity contribution in [1.82, 2.24) is 4.90 Å². The first-order chi connectivity index (χ1) is 12.8. The number of ether oxygens (including phenoxy) is 2. The molecule has 1 saturated heterocycles. The number of hydrogen-bond acceptors (Lipinski definition) is 5. The lowest BCUT2D eigenvalue weighted by Gasteiger charge is -2.33. The SMILES string of the molecule is COc1cccc2cc(C(=O)N(Cc3cccs3)C3CCOCC3)oc12. The number of carbonyl (C=O) groups excluding carboxylic acids is 1. The lowest BCUT2D eigenvalue weighted by molar-refractivity contribution is 0.0253. The molecule has 0 bridgehead atoms. The number of rotatable bonds is 5. The van der Waals surface area contributed by atoms with Gasteiger partial charge in [0.05, 0.1) is 13.7 Å². The highest BCUT2D eigenvalue weighted by molar-refractivity contribution is 7.09. The van der Waals surface area contributed by atoms with Crippen LogP contribution in [0.3, 0.4) is 0 Å². The number of para-hydroxylation sites is 1. The molecule has 136 valence electrons. The van der Waals surface area contributed by atoms with Gasteiger partial charge in [0.25, 0.3) is 5.91 Å². The molecule has 3 aromatic rings. The summed E-state index contributed by atoms with van der Waals surface area (Å²) >= 11 is 1.66. The Kier molecular flexibility index (Phi) is 4.95. The van der Waals surface area contributed by atoms with E-state index in [1.54, 1.807) is 24.5 Å². The monoisotopic (exact) mass is 371 g/mol. The zero-order valence-corrected chi connectivity index (χ0v) is 15.5. The summed E-state index contributed by atoms with van der Waals surface area (Å²) in [5.74, 6) is 0.911. The van der Waals surface area contributed by atoms with Crippen LogP contribution in [0.2, 0.25) is 0 Å². The molecule has 1 aliphatic rings. The second-order valence-corrected chi connectivity index (χ2v) is 7.38. The molecule has 0 N–H and O–H groups in total. The van der Waals surface area contributed by atoms with E-state index in [9.17, 15) is 4.79 Å². The highest BCUT2D eigenvalue weighted by Gasteiger charge is 2.29. The number of hydrogen-bond donors (Lipinski definition) is 0. The maximum absolute atomic E-state index is 13.3. The van der Waals surface area contributed by atoms with Gasteiger partial charge in [0.2, 0.25) is 0 Å². The summed E-state index contributed by atoms with van der Waals surface area (Å²) in [6.07, 6.45) is 1.70. The molecule has 5 nitrogen and oxygen atoms in total. The highest BCUT2D eigenvalue weighted by atomic mass is 32.1. The zero-order chi connectivity index (χ0) is 17.9. The van der Waals surface area contributed by atoms with Gasteiger partial charge in [0, 0.05) is 29.5 Å². The predicted molar refractivity (Wildman–Crippen MR) is 101 cm³/mol. The molecule has 1 aromatic carbocycles. The van der Waals surface area contributed by atoms with Crippen molar-refractivity contribution in [3.63, 3.8) is 0 Å². The van der Waals surface area contributed by atoms with Gasteiger partial charge in [-0.15, -0.1) is 11.3 Å². The molecular weight excluding hydrogens is 350 g/mol. The Morgan fingerprint density at radius 1 is 1.27 bits per heavy atom. The first-order valence-corrected chi connectivity index (χ1v) is 9.62. The van der Waals surface area contributed by atoms with Crippen LogP contribution in [0.15, 0.2) is 46.2 Å². The molecule has 2 aromatic heterocycles. The number of amides is 1. The topological polar surface area (TPSA) is 51.9 Å². The molecule has 1 amide bonds. The minimum absolute atomic E-state index is 0.0800. The molecule has 6 heteroatoms. The molecular formula is C20H21NO4S. The molecule has 0 spiro atoms. The van der Waals surface area contributed by atoms with Crippen molar-refractivity contribution in [1.29, 1.82) is 0 Å². The third-order valence-corrected chi connectivity index (χ3v) is 5.60. The van der Waals surface area contributed by atoms with E-state index in [0.29, 0.717) is 36.9 Å². The summed E-state index contributed by atoms with van der Waals surface area (Å²) in [7, 11) is 1.60. The highest BCUT2D eigenvalue weighted by Crippen LogP contribution is 2.30. The van der Waals surface area contributed by atoms with Crippen molar-refractivity contribution in [3.05, 3.63) is 52.4 Å². The van der Waals surface area contributed by atoms with Crippen molar-refractivity contribution in [3.8, 4) is 5.75 Å². The summed E-state index contributed by atoms with van der Waals surface area (Å²) in [4.78, 5) is 16.4. The minimum atomic E-state index is -0.0800. The normalized spacial score (nSPS) is 15.3. The van der Waals surface area contributed by atoms with Crippen LogP contribution in [-0.2, 0) is 11.3 Å². The van der Waals surface area contributed by atoms with Crippen molar-refractivity contribution < 1.29 is 18.7 Å². The Balaban J connectivity index is 1.66. The van der Waals surface area contributed by atoms with E-state index in [0.717, 1.165) is 18.2 Å². The molecule has 0 radical (unpaired) electrons. The fraction of sp³-hybridized carbons (Fsp3) is 0.350. The van der Waals surface area contributed by atoms with Crippen molar-refractivity contribution in [2.75, 3.05) is 20.3 Å². The second-order valence-electron chi connectivity index (χ2n) is 6.35. The second kappa shape index (κ2) is 7.51. The van der Waals surface area contributed by atoms with E-state index >= 15 is 0 Å². The van der Waals surface area contributed by atoms with E-state index in [2.05, 4.69) is 6.07 Å². The number of benzene rings is 1. The first kappa shape index (κ1) is 17.1. The number of furan rings is 1. The van der Waals surface area contributed by atoms with E-state index in [4.69, 9.17) is 13.9 Å². The van der Waals surface area contributed by atoms with Gasteiger partial charge in [-0.25, -0.2) is 0 Å². The average Bonchev–Trinajstić information content (AvgIpc) is 3.35. The molecule has 4 rings (SSSR count). The molecule has 0 saturated carbocycles. The predicted octanol–water partition coefficient (Wildman–Crippen LogP) is 4.32. The minimum Gasteiger partial charge on any atom is -0.493 e. The Morgan fingerprint density at radius 3 is 2.85 bits per heavy atom. The molecule has 26 heavy (non-hydrogen) atoms. The maximum atomic E-state index is 13.3. The number of carbonyl (C=O) groups is 1. The van der Waals surface area contributed by atoms with Gasteiger partial charge in [-0.1, -0.05) is 18.2 Å². The quantitative estimate of drug-likeness (QED) is 0.670. The lowest BCUT2D eigenvalue weighted by atomic mass is 10.1. The van der Waals surface area contributed by atoms with Crippen LogP contribution >= 0.6 is 11.3 Å². The van der Waals surface area contributed by atoms with E-state index in [1.807, 2.05) is 34.5 Å². The maximum Gasteiger partial charge on any atom is 0.290 e. The van der Waals surface area contributed by atoms with Crippen molar-refractivity contribution >= 4 is 28.2 Å². The molecule has 1 fully saturated rings. The number of fused-ring (bicyclic) bond motifs is 1. The largest absolute Gasteiger partial charge is 0.493 e. The van der Waals surface area contributed by atoms with Crippen LogP contribution in [0, 0.1) is 0 Å². The fourth-order valence-corrected chi connectivity index (χ4v) is 4.08. The lowest BCUT2D eigenvalue weighted by Crippen LogP contribution is -2.42. The number of thiophene rings is 1. The van der Waals surface area contributed by atoms with Gasteiger partial charge in [-0.05, 0) is 36.4 Å². The third kappa shape index (κ3) is 3.34. The van der Waals surface area contributed by atoms with E-state index in [-0.39, 0.29) is 11.9 Å². The van der Waals surface area contributed by atoms with Crippen molar-refractivity contribution in [2.24, 2.45) is 0 Å². The van der Waals surface area contributed by atoms with Crippen LogP contribution in [-0.4, -0.2) is 37.2 Å². The Labute approximate surface area is 156 Å². The Bertz CT molecular complexity index is 880. The van der Waals surface area contributed by atoms with Crippen LogP contribution < -0.4 is 4.74 Å². The third-order valence-electron chi connectivity index (χ3n) is 4.74. The zero-order valence-electron chi connectivity index (χ0n) is 14.6. The summed E-state index contributed by atoms with van der Waals surface area (Å²) < 4.78 is 16.7. The first-order valence-electron chi connectivity index (χ1n) is 8.74. The molecule has 0 unspecified atom stereocenters. The van der Waals surface area contributed by atoms with Gasteiger partial charge < -0.3 is 18.8 Å². The molecule has 0 atom stereocenters. The van der Waals surface area contributed by atoms with Crippen LogP contribution in [0.25, 0.3) is 11.0 Å². The van der Waals surface area contributed by atoms with E-state index < -0.39 is 0 Å². The number of methoxy groups -OCH3 is 1. The van der Waals surface area contributed by atoms with Gasteiger partial charge >= 0.3 is 0 Å². The molecule has 3 heterocycles.